The van der Waals surface area contributed by atoms with E-state index < -0.39 is 0 Å². The number of nitrogens with zero attached hydrogens (tertiary/aromatic N) is 1. The minimum Gasteiger partial charge on any atom is -0.348 e. The molecule has 1 aliphatic heterocycles. The largest absolute Gasteiger partial charge is 0.348 e. The summed E-state index contributed by atoms with van der Waals surface area (Å²) in [5.41, 5.74) is 1.12. The first-order valence-electron chi connectivity index (χ1n) is 8.71. The Bertz CT molecular complexity index is 668. The van der Waals surface area contributed by atoms with Gasteiger partial charge in [-0.15, -0.1) is 11.3 Å². The van der Waals surface area contributed by atoms with E-state index in [1.165, 1.54) is 14.6 Å². The van der Waals surface area contributed by atoms with Crippen molar-refractivity contribution in [2.45, 2.75) is 50.6 Å². The first-order valence-corrected chi connectivity index (χ1v) is 9.53. The Labute approximate surface area is 140 Å². The summed E-state index contributed by atoms with van der Waals surface area (Å²) < 4.78 is 1.29. The quantitative estimate of drug-likeness (QED) is 0.897. The molecule has 5 heteroatoms. The first kappa shape index (κ1) is 15.1. The van der Waals surface area contributed by atoms with Gasteiger partial charge in [0.15, 0.2) is 6.04 Å². The molecule has 1 amide bonds. The van der Waals surface area contributed by atoms with Gasteiger partial charge in [0, 0.05) is 24.8 Å². The lowest BCUT2D eigenvalue weighted by molar-refractivity contribution is -0.919. The molecule has 1 aliphatic carbocycles. The molecule has 1 saturated heterocycles. The van der Waals surface area contributed by atoms with Crippen LogP contribution in [-0.2, 0) is 4.79 Å². The lowest BCUT2D eigenvalue weighted by Gasteiger charge is -2.31. The van der Waals surface area contributed by atoms with Crippen LogP contribution < -0.4 is 10.2 Å². The van der Waals surface area contributed by atoms with Gasteiger partial charge in [-0.2, -0.15) is 0 Å². The van der Waals surface area contributed by atoms with Gasteiger partial charge in [-0.3, -0.25) is 4.79 Å². The number of fused-ring (bicyclic) bond motifs is 1. The fraction of sp³-hybridized carbons (Fsp3) is 0.556. The van der Waals surface area contributed by atoms with Crippen LogP contribution in [0.3, 0.4) is 0 Å². The van der Waals surface area contributed by atoms with Crippen LogP contribution in [0, 0.1) is 0 Å². The van der Waals surface area contributed by atoms with Gasteiger partial charge >= 0.3 is 0 Å². The number of likely N-dealkylation sites (tertiary alicyclic amines) is 1. The van der Waals surface area contributed by atoms with Crippen LogP contribution in [0.5, 0.6) is 0 Å². The monoisotopic (exact) mass is 330 g/mol. The second-order valence-electron chi connectivity index (χ2n) is 6.96. The second kappa shape index (κ2) is 6.21. The number of thiazole rings is 1. The van der Waals surface area contributed by atoms with E-state index >= 15 is 0 Å². The van der Waals surface area contributed by atoms with Crippen LogP contribution in [-0.4, -0.2) is 36.1 Å². The smallest absolute Gasteiger partial charge is 0.278 e. The molecule has 0 radical (unpaired) electrons. The van der Waals surface area contributed by atoms with Gasteiger partial charge in [-0.25, -0.2) is 4.98 Å². The van der Waals surface area contributed by atoms with Gasteiger partial charge in [0.2, 0.25) is 0 Å². The van der Waals surface area contributed by atoms with Gasteiger partial charge in [0.05, 0.1) is 28.3 Å². The van der Waals surface area contributed by atoms with Gasteiger partial charge in [0.25, 0.3) is 5.91 Å². The molecule has 2 heterocycles. The van der Waals surface area contributed by atoms with E-state index in [4.69, 9.17) is 4.98 Å². The third-order valence-electron chi connectivity index (χ3n) is 5.22. The van der Waals surface area contributed by atoms with Gasteiger partial charge < -0.3 is 10.2 Å². The summed E-state index contributed by atoms with van der Waals surface area (Å²) in [5.74, 6) is 0.802. The number of amides is 1. The number of carbonyl (C=O) groups excluding carboxylic acids is 1. The first-order chi connectivity index (χ1) is 11.2. The maximum Gasteiger partial charge on any atom is 0.278 e. The molecule has 4 nitrogen and oxygen atoms in total. The topological polar surface area (TPSA) is 46.4 Å². The molecule has 1 atom stereocenters. The highest BCUT2D eigenvalue weighted by atomic mass is 32.1. The molecule has 4 rings (SSSR count). The maximum atomic E-state index is 12.2. The summed E-state index contributed by atoms with van der Waals surface area (Å²) in [7, 11) is 0. The van der Waals surface area contributed by atoms with Crippen molar-refractivity contribution in [3.63, 3.8) is 0 Å². The molecule has 0 spiro atoms. The number of hydrogen-bond donors (Lipinski definition) is 2. The lowest BCUT2D eigenvalue weighted by Crippen LogP contribution is -3.17. The fourth-order valence-electron chi connectivity index (χ4n) is 3.47. The van der Waals surface area contributed by atoms with Crippen LogP contribution >= 0.6 is 11.3 Å². The second-order valence-corrected chi connectivity index (χ2v) is 8.02. The highest BCUT2D eigenvalue weighted by Gasteiger charge is 2.34. The Hall–Kier alpha value is -1.46. The minimum atomic E-state index is 0.0758. The van der Waals surface area contributed by atoms with Crippen molar-refractivity contribution < 1.29 is 9.69 Å². The fourth-order valence-corrected chi connectivity index (χ4v) is 4.61. The van der Waals surface area contributed by atoms with Crippen LogP contribution in [0.1, 0.15) is 43.5 Å². The normalized spacial score (nSPS) is 26.1. The summed E-state index contributed by atoms with van der Waals surface area (Å²) in [6.45, 7) is 4.21. The van der Waals surface area contributed by atoms with Crippen LogP contribution in [0.4, 0.5) is 0 Å². The average Bonchev–Trinajstić information content (AvgIpc) is 3.29. The van der Waals surface area contributed by atoms with E-state index in [-0.39, 0.29) is 11.9 Å². The third kappa shape index (κ3) is 3.26. The maximum absolute atomic E-state index is 12.2. The van der Waals surface area contributed by atoms with Crippen LogP contribution in [0.2, 0.25) is 0 Å². The molecule has 0 bridgehead atoms. The molecule has 2 aliphatic rings. The summed E-state index contributed by atoms with van der Waals surface area (Å²) >= 11 is 1.84. The minimum absolute atomic E-state index is 0.0758. The third-order valence-corrected chi connectivity index (χ3v) is 6.42. The van der Waals surface area contributed by atoms with Crippen molar-refractivity contribution in [2.75, 3.05) is 13.1 Å². The lowest BCUT2D eigenvalue weighted by atomic mass is 9.96. The van der Waals surface area contributed by atoms with E-state index in [1.54, 1.807) is 0 Å². The van der Waals surface area contributed by atoms with Crippen LogP contribution in [0.25, 0.3) is 10.2 Å². The predicted molar refractivity (Wildman–Crippen MR) is 92.9 cm³/mol. The number of carbonyl (C=O) groups is 1. The highest BCUT2D eigenvalue weighted by Crippen LogP contribution is 2.31. The Morgan fingerprint density at radius 3 is 2.70 bits per heavy atom. The predicted octanol–water partition coefficient (Wildman–Crippen LogP) is 1.73. The van der Waals surface area contributed by atoms with E-state index in [1.807, 2.05) is 11.3 Å². The van der Waals surface area contributed by atoms with Crippen molar-refractivity contribution >= 4 is 27.5 Å². The van der Waals surface area contributed by atoms with Crippen molar-refractivity contribution in [3.05, 3.63) is 29.3 Å². The number of hydrogen-bond acceptors (Lipinski definition) is 3. The zero-order chi connectivity index (χ0) is 15.8. The van der Waals surface area contributed by atoms with Crippen LogP contribution in [0.15, 0.2) is 24.3 Å². The Balaban J connectivity index is 1.37. The summed E-state index contributed by atoms with van der Waals surface area (Å²) in [5, 5.41) is 4.42. The molecule has 1 aromatic carbocycles. The SMILES string of the molecule is C[C@@H](C(=O)NC1CC1)[NH+]1CCC(c2nc3ccccc3s2)CC1. The Morgan fingerprint density at radius 2 is 2.00 bits per heavy atom. The highest BCUT2D eigenvalue weighted by molar-refractivity contribution is 7.18. The standard InChI is InChI=1S/C18H23N3OS/c1-12(17(22)19-14-6-7-14)21-10-8-13(9-11-21)18-20-15-4-2-3-5-16(15)23-18/h2-5,12-14H,6-11H2,1H3,(H,19,22)/p+1/t12-/m0/s1. The molecule has 23 heavy (non-hydrogen) atoms. The van der Waals surface area contributed by atoms with Gasteiger partial charge in [-0.05, 0) is 31.9 Å². The van der Waals surface area contributed by atoms with E-state index in [0.717, 1.165) is 44.3 Å². The summed E-state index contributed by atoms with van der Waals surface area (Å²) in [6, 6.07) is 8.92. The molecule has 2 N–H and O–H groups in total. The molecule has 122 valence electrons. The number of piperidine rings is 1. The van der Waals surface area contributed by atoms with Gasteiger partial charge in [0.1, 0.15) is 0 Å². The summed E-state index contributed by atoms with van der Waals surface area (Å²) in [4.78, 5) is 18.5. The van der Waals surface area contributed by atoms with Crippen molar-refractivity contribution in [1.29, 1.82) is 0 Å². The molecular formula is C18H24N3OS+. The molecular weight excluding hydrogens is 306 g/mol. The molecule has 2 fully saturated rings. The Morgan fingerprint density at radius 1 is 1.26 bits per heavy atom. The van der Waals surface area contributed by atoms with Crippen molar-refractivity contribution in [3.8, 4) is 0 Å². The zero-order valence-electron chi connectivity index (χ0n) is 13.5. The Kier molecular flexibility index (Phi) is 4.07. The zero-order valence-corrected chi connectivity index (χ0v) is 14.4. The number of aromatic nitrogens is 1. The number of nitrogens with one attached hydrogen (secondary N) is 2. The van der Waals surface area contributed by atoms with E-state index in [2.05, 4.69) is 36.5 Å². The molecule has 0 unspecified atom stereocenters. The average molecular weight is 330 g/mol. The number of benzene rings is 1. The van der Waals surface area contributed by atoms with Crippen molar-refractivity contribution in [1.82, 2.24) is 10.3 Å². The molecule has 1 aromatic heterocycles. The summed E-state index contributed by atoms with van der Waals surface area (Å²) in [6.07, 6.45) is 4.59. The number of para-hydroxylation sites is 1. The van der Waals surface area contributed by atoms with Gasteiger partial charge in [-0.1, -0.05) is 12.1 Å². The number of quaternary nitrogens is 1. The van der Waals surface area contributed by atoms with E-state index in [0.29, 0.717) is 12.0 Å². The molecule has 2 aromatic rings. The number of rotatable bonds is 4. The van der Waals surface area contributed by atoms with E-state index in [9.17, 15) is 4.79 Å². The van der Waals surface area contributed by atoms with Crippen molar-refractivity contribution in [2.24, 2.45) is 0 Å². The molecule has 1 saturated carbocycles.